The zero-order valence-electron chi connectivity index (χ0n) is 7.73. The standard InChI is InChI=1S/C10H11NO3/c1-7-2-4-8(5-3-7)9(13)10(14)11-6-12/h2-6,10,14H,1H3,(H,11,12). The van der Waals surface area contributed by atoms with Crippen molar-refractivity contribution in [2.45, 2.75) is 13.2 Å². The molecule has 0 saturated carbocycles. The van der Waals surface area contributed by atoms with Gasteiger partial charge in [0.05, 0.1) is 0 Å². The summed E-state index contributed by atoms with van der Waals surface area (Å²) < 4.78 is 0. The number of amides is 1. The second-order valence-electron chi connectivity index (χ2n) is 2.92. The highest BCUT2D eigenvalue weighted by molar-refractivity contribution is 5.99. The molecule has 4 heteroatoms. The van der Waals surface area contributed by atoms with E-state index in [9.17, 15) is 9.59 Å². The molecule has 0 aliphatic rings. The molecule has 0 radical (unpaired) electrons. The molecule has 74 valence electrons. The summed E-state index contributed by atoms with van der Waals surface area (Å²) >= 11 is 0. The van der Waals surface area contributed by atoms with Crippen molar-refractivity contribution in [3.8, 4) is 0 Å². The molecule has 0 aromatic heterocycles. The molecular weight excluding hydrogens is 182 g/mol. The molecule has 0 aliphatic carbocycles. The minimum absolute atomic E-state index is 0.288. The number of nitrogens with one attached hydrogen (secondary N) is 1. The van der Waals surface area contributed by atoms with Gasteiger partial charge in [0.1, 0.15) is 0 Å². The number of aryl methyl sites for hydroxylation is 1. The lowest BCUT2D eigenvalue weighted by molar-refractivity contribution is -0.111. The van der Waals surface area contributed by atoms with E-state index < -0.39 is 12.0 Å². The highest BCUT2D eigenvalue weighted by atomic mass is 16.3. The Morgan fingerprint density at radius 1 is 1.43 bits per heavy atom. The molecule has 1 atom stereocenters. The Morgan fingerprint density at radius 3 is 2.50 bits per heavy atom. The van der Waals surface area contributed by atoms with Crippen molar-refractivity contribution in [2.75, 3.05) is 0 Å². The fraction of sp³-hybridized carbons (Fsp3) is 0.200. The topological polar surface area (TPSA) is 66.4 Å². The number of carbonyl (C=O) groups is 2. The Morgan fingerprint density at radius 2 is 2.00 bits per heavy atom. The number of Topliss-reactive ketones (excluding diaryl/α,β-unsaturated/α-hetero) is 1. The average molecular weight is 193 g/mol. The van der Waals surface area contributed by atoms with Crippen LogP contribution < -0.4 is 5.32 Å². The lowest BCUT2D eigenvalue weighted by atomic mass is 10.1. The summed E-state index contributed by atoms with van der Waals surface area (Å²) in [5, 5.41) is 11.1. The van der Waals surface area contributed by atoms with Gasteiger partial charge < -0.3 is 10.4 Å². The smallest absolute Gasteiger partial charge is 0.211 e. The maximum atomic E-state index is 11.4. The molecular formula is C10H11NO3. The van der Waals surface area contributed by atoms with Gasteiger partial charge in [0.2, 0.25) is 12.2 Å². The van der Waals surface area contributed by atoms with Gasteiger partial charge in [0.25, 0.3) is 0 Å². The quantitative estimate of drug-likeness (QED) is 0.409. The van der Waals surface area contributed by atoms with Crippen molar-refractivity contribution >= 4 is 12.2 Å². The molecule has 0 spiro atoms. The molecule has 2 N–H and O–H groups in total. The van der Waals surface area contributed by atoms with Gasteiger partial charge in [0.15, 0.2) is 6.23 Å². The maximum absolute atomic E-state index is 11.4. The lowest BCUT2D eigenvalue weighted by Gasteiger charge is -2.07. The van der Waals surface area contributed by atoms with Crippen LogP contribution in [0.4, 0.5) is 0 Å². The van der Waals surface area contributed by atoms with Crippen LogP contribution in [0.5, 0.6) is 0 Å². The van der Waals surface area contributed by atoms with Crippen LogP contribution in [-0.2, 0) is 4.79 Å². The average Bonchev–Trinajstić information content (AvgIpc) is 2.18. The first kappa shape index (κ1) is 10.4. The normalized spacial score (nSPS) is 11.9. The van der Waals surface area contributed by atoms with Crippen LogP contribution in [0.1, 0.15) is 15.9 Å². The van der Waals surface area contributed by atoms with E-state index in [1.165, 1.54) is 0 Å². The van der Waals surface area contributed by atoms with Gasteiger partial charge in [-0.2, -0.15) is 0 Å². The molecule has 0 bridgehead atoms. The van der Waals surface area contributed by atoms with E-state index in [2.05, 4.69) is 0 Å². The van der Waals surface area contributed by atoms with Gasteiger partial charge in [-0.15, -0.1) is 0 Å². The van der Waals surface area contributed by atoms with Crippen LogP contribution in [0, 0.1) is 6.92 Å². The number of aliphatic hydroxyl groups excluding tert-OH is 1. The first-order valence-corrected chi connectivity index (χ1v) is 4.14. The lowest BCUT2D eigenvalue weighted by Crippen LogP contribution is -2.35. The second-order valence-corrected chi connectivity index (χ2v) is 2.92. The first-order valence-electron chi connectivity index (χ1n) is 4.14. The molecule has 1 aromatic carbocycles. The van der Waals surface area contributed by atoms with E-state index in [1.807, 2.05) is 12.2 Å². The minimum atomic E-state index is -1.46. The highest BCUT2D eigenvalue weighted by Crippen LogP contribution is 2.05. The predicted molar refractivity (Wildman–Crippen MR) is 50.7 cm³/mol. The van der Waals surface area contributed by atoms with Crippen LogP contribution in [0.3, 0.4) is 0 Å². The predicted octanol–water partition coefficient (Wildman–Crippen LogP) is 0.242. The van der Waals surface area contributed by atoms with Crippen molar-refractivity contribution in [2.24, 2.45) is 0 Å². The number of carbonyl (C=O) groups excluding carboxylic acids is 2. The van der Waals surface area contributed by atoms with Gasteiger partial charge in [-0.25, -0.2) is 0 Å². The summed E-state index contributed by atoms with van der Waals surface area (Å²) in [6.07, 6.45) is -1.17. The monoisotopic (exact) mass is 193 g/mol. The maximum Gasteiger partial charge on any atom is 0.211 e. The summed E-state index contributed by atoms with van der Waals surface area (Å²) in [5.41, 5.74) is 1.40. The summed E-state index contributed by atoms with van der Waals surface area (Å²) in [4.78, 5) is 21.4. The van der Waals surface area contributed by atoms with E-state index in [4.69, 9.17) is 5.11 Å². The van der Waals surface area contributed by atoms with Gasteiger partial charge in [-0.1, -0.05) is 29.8 Å². The Bertz CT molecular complexity index is 332. The zero-order valence-corrected chi connectivity index (χ0v) is 7.73. The largest absolute Gasteiger partial charge is 0.367 e. The number of ketones is 1. The molecule has 1 rings (SSSR count). The van der Waals surface area contributed by atoms with Gasteiger partial charge in [-0.3, -0.25) is 9.59 Å². The molecule has 4 nitrogen and oxygen atoms in total. The Labute approximate surface area is 81.6 Å². The van der Waals surface area contributed by atoms with Gasteiger partial charge in [0, 0.05) is 5.56 Å². The summed E-state index contributed by atoms with van der Waals surface area (Å²) in [6, 6.07) is 6.74. The summed E-state index contributed by atoms with van der Waals surface area (Å²) in [6.45, 7) is 1.90. The summed E-state index contributed by atoms with van der Waals surface area (Å²) in [5.74, 6) is -0.517. The molecule has 0 saturated heterocycles. The van der Waals surface area contributed by atoms with Crippen molar-refractivity contribution in [1.82, 2.24) is 5.32 Å². The number of hydrogen-bond acceptors (Lipinski definition) is 3. The molecule has 0 aliphatic heterocycles. The van der Waals surface area contributed by atoms with Crippen molar-refractivity contribution < 1.29 is 14.7 Å². The number of benzene rings is 1. The number of rotatable bonds is 4. The van der Waals surface area contributed by atoms with Gasteiger partial charge in [-0.05, 0) is 6.92 Å². The van der Waals surface area contributed by atoms with Crippen LogP contribution in [0.15, 0.2) is 24.3 Å². The van der Waals surface area contributed by atoms with E-state index in [0.29, 0.717) is 5.56 Å². The van der Waals surface area contributed by atoms with Crippen LogP contribution in [0.2, 0.25) is 0 Å². The summed E-state index contributed by atoms with van der Waals surface area (Å²) in [7, 11) is 0. The van der Waals surface area contributed by atoms with Crippen LogP contribution >= 0.6 is 0 Å². The third-order valence-corrected chi connectivity index (χ3v) is 1.81. The first-order chi connectivity index (χ1) is 6.65. The van der Waals surface area contributed by atoms with E-state index in [1.54, 1.807) is 24.3 Å². The third kappa shape index (κ3) is 2.40. The van der Waals surface area contributed by atoms with Crippen LogP contribution in [-0.4, -0.2) is 23.5 Å². The second kappa shape index (κ2) is 4.53. The SMILES string of the molecule is Cc1ccc(C(=O)C(O)NC=O)cc1. The van der Waals surface area contributed by atoms with E-state index in [0.717, 1.165) is 5.56 Å². The molecule has 1 amide bonds. The fourth-order valence-corrected chi connectivity index (χ4v) is 1.02. The Balaban J connectivity index is 2.78. The Kier molecular flexibility index (Phi) is 3.36. The fourth-order valence-electron chi connectivity index (χ4n) is 1.02. The van der Waals surface area contributed by atoms with Gasteiger partial charge >= 0.3 is 0 Å². The van der Waals surface area contributed by atoms with E-state index >= 15 is 0 Å². The third-order valence-electron chi connectivity index (χ3n) is 1.81. The zero-order chi connectivity index (χ0) is 10.6. The van der Waals surface area contributed by atoms with Crippen LogP contribution in [0.25, 0.3) is 0 Å². The van der Waals surface area contributed by atoms with Crippen molar-refractivity contribution in [3.63, 3.8) is 0 Å². The minimum Gasteiger partial charge on any atom is -0.367 e. The van der Waals surface area contributed by atoms with Crippen molar-refractivity contribution in [3.05, 3.63) is 35.4 Å². The Hall–Kier alpha value is -1.68. The number of aliphatic hydroxyl groups is 1. The molecule has 14 heavy (non-hydrogen) atoms. The molecule has 0 fully saturated rings. The molecule has 0 heterocycles. The van der Waals surface area contributed by atoms with E-state index in [-0.39, 0.29) is 6.41 Å². The molecule has 1 aromatic rings. The highest BCUT2D eigenvalue weighted by Gasteiger charge is 2.15. The van der Waals surface area contributed by atoms with Crippen molar-refractivity contribution in [1.29, 1.82) is 0 Å². The number of hydrogen-bond donors (Lipinski definition) is 2. The molecule has 1 unspecified atom stereocenters.